The molecule has 0 saturated carbocycles. The molecule has 0 atom stereocenters. The van der Waals surface area contributed by atoms with Crippen LogP contribution in [0.2, 0.25) is 0 Å². The topological polar surface area (TPSA) is 67.1 Å². The molecule has 4 aromatic rings. The molecular formula is C21H22N6. The van der Waals surface area contributed by atoms with E-state index in [-0.39, 0.29) is 0 Å². The molecule has 2 N–H and O–H groups in total. The number of hydrogen-bond acceptors (Lipinski definition) is 5. The molecule has 0 aliphatic heterocycles. The predicted molar refractivity (Wildman–Crippen MR) is 109 cm³/mol. The van der Waals surface area contributed by atoms with Gasteiger partial charge in [-0.05, 0) is 24.1 Å². The van der Waals surface area contributed by atoms with Gasteiger partial charge in [-0.3, -0.25) is 0 Å². The summed E-state index contributed by atoms with van der Waals surface area (Å²) in [6, 6.07) is 20.6. The lowest BCUT2D eigenvalue weighted by atomic mass is 10.1. The van der Waals surface area contributed by atoms with Gasteiger partial charge in [-0.25, -0.2) is 4.98 Å². The summed E-state index contributed by atoms with van der Waals surface area (Å²) < 4.78 is 1.73. The second-order valence-corrected chi connectivity index (χ2v) is 6.34. The first-order valence-corrected chi connectivity index (χ1v) is 9.16. The summed E-state index contributed by atoms with van der Waals surface area (Å²) in [5, 5.41) is 11.1. The molecule has 6 heteroatoms. The fraction of sp³-hybridized carbons (Fsp3) is 0.190. The normalized spacial score (nSPS) is 10.9. The van der Waals surface area contributed by atoms with Crippen molar-refractivity contribution in [1.29, 1.82) is 0 Å². The highest BCUT2D eigenvalue weighted by atomic mass is 15.3. The molecule has 4 rings (SSSR count). The second kappa shape index (κ2) is 7.86. The molecule has 0 bridgehead atoms. The smallest absolute Gasteiger partial charge is 0.254 e. The van der Waals surface area contributed by atoms with E-state index >= 15 is 0 Å². The summed E-state index contributed by atoms with van der Waals surface area (Å²) in [6.45, 7) is 3.84. The number of benzene rings is 2. The quantitative estimate of drug-likeness (QED) is 0.518. The summed E-state index contributed by atoms with van der Waals surface area (Å²) in [4.78, 5) is 8.86. The molecule has 0 spiro atoms. The van der Waals surface area contributed by atoms with Gasteiger partial charge in [0.05, 0.1) is 5.69 Å². The Morgan fingerprint density at radius 2 is 1.78 bits per heavy atom. The molecule has 0 aliphatic carbocycles. The molecular weight excluding hydrogens is 336 g/mol. The van der Waals surface area contributed by atoms with Crippen LogP contribution in [0.1, 0.15) is 18.9 Å². The van der Waals surface area contributed by atoms with Crippen LogP contribution in [-0.4, -0.2) is 26.1 Å². The first kappa shape index (κ1) is 17.0. The van der Waals surface area contributed by atoms with E-state index in [4.69, 9.17) is 0 Å². The molecule has 0 aliphatic rings. The van der Waals surface area contributed by atoms with E-state index in [1.54, 1.807) is 4.52 Å². The molecule has 136 valence electrons. The molecule has 0 saturated heterocycles. The third kappa shape index (κ3) is 3.89. The van der Waals surface area contributed by atoms with Crippen molar-refractivity contribution in [2.45, 2.75) is 19.9 Å². The van der Waals surface area contributed by atoms with Crippen LogP contribution in [0.15, 0.2) is 67.0 Å². The number of aromatic nitrogens is 4. The monoisotopic (exact) mass is 358 g/mol. The van der Waals surface area contributed by atoms with Crippen molar-refractivity contribution in [3.63, 3.8) is 0 Å². The Bertz CT molecular complexity index is 1010. The molecule has 0 amide bonds. The van der Waals surface area contributed by atoms with E-state index in [2.05, 4.69) is 56.9 Å². The first-order valence-electron chi connectivity index (χ1n) is 9.16. The summed E-state index contributed by atoms with van der Waals surface area (Å²) in [5.74, 6) is 1.45. The lowest BCUT2D eigenvalue weighted by Crippen LogP contribution is -2.07. The maximum Gasteiger partial charge on any atom is 0.254 e. The number of rotatable bonds is 7. The number of nitrogens with zero attached hydrogens (tertiary/aromatic N) is 4. The Morgan fingerprint density at radius 1 is 0.963 bits per heavy atom. The first-order chi connectivity index (χ1) is 13.3. The standard InChI is InChI=1S/C21H22N6/c1-2-12-22-18-10-8-16(9-11-18)14-23-20-13-19(17-6-4-3-5-7-17)26-21-24-15-25-27(20)21/h3-11,13,15,22-23H,2,12,14H2,1H3. The number of hydrogen-bond donors (Lipinski definition) is 2. The van der Waals surface area contributed by atoms with Crippen molar-refractivity contribution in [3.8, 4) is 11.3 Å². The Kier molecular flexibility index (Phi) is 4.96. The van der Waals surface area contributed by atoms with Crippen LogP contribution in [-0.2, 0) is 6.54 Å². The molecule has 0 radical (unpaired) electrons. The molecule has 2 aromatic heterocycles. The van der Waals surface area contributed by atoms with Gasteiger partial charge in [-0.15, -0.1) is 0 Å². The zero-order valence-corrected chi connectivity index (χ0v) is 15.3. The molecule has 6 nitrogen and oxygen atoms in total. The van der Waals surface area contributed by atoms with E-state index < -0.39 is 0 Å². The van der Waals surface area contributed by atoms with Gasteiger partial charge in [0.15, 0.2) is 0 Å². The Balaban J connectivity index is 1.55. The fourth-order valence-corrected chi connectivity index (χ4v) is 2.90. The number of fused-ring (bicyclic) bond motifs is 1. The number of nitrogens with one attached hydrogen (secondary N) is 2. The van der Waals surface area contributed by atoms with Crippen LogP contribution in [0.25, 0.3) is 17.0 Å². The van der Waals surface area contributed by atoms with Gasteiger partial charge < -0.3 is 10.6 Å². The van der Waals surface area contributed by atoms with Crippen LogP contribution in [0.5, 0.6) is 0 Å². The van der Waals surface area contributed by atoms with Gasteiger partial charge in [-0.2, -0.15) is 14.6 Å². The molecule has 0 fully saturated rings. The van der Waals surface area contributed by atoms with Crippen LogP contribution in [0.3, 0.4) is 0 Å². The minimum atomic E-state index is 0.581. The van der Waals surface area contributed by atoms with Gasteiger partial charge in [0.2, 0.25) is 0 Å². The fourth-order valence-electron chi connectivity index (χ4n) is 2.90. The summed E-state index contributed by atoms with van der Waals surface area (Å²) in [7, 11) is 0. The van der Waals surface area contributed by atoms with Crippen LogP contribution < -0.4 is 10.6 Å². The minimum absolute atomic E-state index is 0.581. The summed E-state index contributed by atoms with van der Waals surface area (Å²) >= 11 is 0. The van der Waals surface area contributed by atoms with E-state index in [9.17, 15) is 0 Å². The third-order valence-corrected chi connectivity index (χ3v) is 4.33. The predicted octanol–water partition coefficient (Wildman–Crippen LogP) is 4.23. The Hall–Kier alpha value is -3.41. The van der Waals surface area contributed by atoms with Gasteiger partial charge in [0.1, 0.15) is 12.1 Å². The van der Waals surface area contributed by atoms with E-state index in [1.807, 2.05) is 36.4 Å². The van der Waals surface area contributed by atoms with E-state index in [1.165, 1.54) is 11.9 Å². The van der Waals surface area contributed by atoms with Gasteiger partial charge in [0, 0.05) is 30.4 Å². The summed E-state index contributed by atoms with van der Waals surface area (Å²) in [6.07, 6.45) is 2.64. The van der Waals surface area contributed by atoms with E-state index in [0.717, 1.165) is 35.7 Å². The number of anilines is 2. The van der Waals surface area contributed by atoms with Gasteiger partial charge in [0.25, 0.3) is 5.78 Å². The highest BCUT2D eigenvalue weighted by Gasteiger charge is 2.09. The maximum absolute atomic E-state index is 4.60. The van der Waals surface area contributed by atoms with Crippen molar-refractivity contribution >= 4 is 17.3 Å². The second-order valence-electron chi connectivity index (χ2n) is 6.34. The van der Waals surface area contributed by atoms with Gasteiger partial charge in [-0.1, -0.05) is 49.4 Å². The zero-order valence-electron chi connectivity index (χ0n) is 15.3. The van der Waals surface area contributed by atoms with Gasteiger partial charge >= 0.3 is 0 Å². The Labute approximate surface area is 158 Å². The van der Waals surface area contributed by atoms with Crippen molar-refractivity contribution in [1.82, 2.24) is 19.6 Å². The lowest BCUT2D eigenvalue weighted by molar-refractivity contribution is 0.926. The summed E-state index contributed by atoms with van der Waals surface area (Å²) in [5.41, 5.74) is 4.27. The van der Waals surface area contributed by atoms with Crippen molar-refractivity contribution in [2.75, 3.05) is 17.2 Å². The van der Waals surface area contributed by atoms with Crippen LogP contribution >= 0.6 is 0 Å². The average molecular weight is 358 g/mol. The molecule has 2 heterocycles. The van der Waals surface area contributed by atoms with Crippen molar-refractivity contribution < 1.29 is 0 Å². The largest absolute Gasteiger partial charge is 0.385 e. The SMILES string of the molecule is CCCNc1ccc(CNc2cc(-c3ccccc3)nc3ncnn23)cc1. The molecule has 0 unspecified atom stereocenters. The molecule has 2 aromatic carbocycles. The highest BCUT2D eigenvalue weighted by molar-refractivity contribution is 5.65. The van der Waals surface area contributed by atoms with E-state index in [0.29, 0.717) is 12.3 Å². The molecule has 27 heavy (non-hydrogen) atoms. The van der Waals surface area contributed by atoms with Crippen molar-refractivity contribution in [2.24, 2.45) is 0 Å². The lowest BCUT2D eigenvalue weighted by Gasteiger charge is -2.11. The van der Waals surface area contributed by atoms with Crippen LogP contribution in [0, 0.1) is 0 Å². The highest BCUT2D eigenvalue weighted by Crippen LogP contribution is 2.21. The third-order valence-electron chi connectivity index (χ3n) is 4.33. The maximum atomic E-state index is 4.60. The van der Waals surface area contributed by atoms with Crippen LogP contribution in [0.4, 0.5) is 11.5 Å². The Morgan fingerprint density at radius 3 is 2.56 bits per heavy atom. The van der Waals surface area contributed by atoms with Crippen molar-refractivity contribution in [3.05, 3.63) is 72.6 Å². The average Bonchev–Trinajstić information content (AvgIpc) is 3.21. The minimum Gasteiger partial charge on any atom is -0.385 e. The zero-order chi connectivity index (χ0) is 18.5.